The standard InChI is InChI=1S/C17H10N4O2/c1-2-15(22)23-17-14(9-21)12(7-19)11(6-18)13(8-20)16(17)10-4-3-5-10/h2,10H,1,3-5H2. The zero-order valence-electron chi connectivity index (χ0n) is 12.1. The molecule has 0 N–H and O–H groups in total. The Bertz CT molecular complexity index is 869. The van der Waals surface area contributed by atoms with Gasteiger partial charge in [0.25, 0.3) is 0 Å². The van der Waals surface area contributed by atoms with E-state index in [-0.39, 0.29) is 33.9 Å². The summed E-state index contributed by atoms with van der Waals surface area (Å²) in [6, 6.07) is 7.32. The van der Waals surface area contributed by atoms with Crippen molar-refractivity contribution < 1.29 is 9.53 Å². The van der Waals surface area contributed by atoms with E-state index in [0.29, 0.717) is 5.56 Å². The Morgan fingerprint density at radius 1 is 1.00 bits per heavy atom. The zero-order valence-corrected chi connectivity index (χ0v) is 12.1. The molecule has 0 spiro atoms. The lowest BCUT2D eigenvalue weighted by molar-refractivity contribution is -0.129. The Balaban J connectivity index is 2.92. The maximum atomic E-state index is 11.6. The highest BCUT2D eigenvalue weighted by molar-refractivity contribution is 5.85. The molecule has 0 amide bonds. The van der Waals surface area contributed by atoms with Gasteiger partial charge in [-0.1, -0.05) is 13.0 Å². The molecule has 0 atom stereocenters. The number of hydrogen-bond acceptors (Lipinski definition) is 6. The van der Waals surface area contributed by atoms with Crippen molar-refractivity contribution in [3.63, 3.8) is 0 Å². The molecule has 23 heavy (non-hydrogen) atoms. The summed E-state index contributed by atoms with van der Waals surface area (Å²) < 4.78 is 5.17. The maximum Gasteiger partial charge on any atom is 0.335 e. The fourth-order valence-electron chi connectivity index (χ4n) is 2.53. The summed E-state index contributed by atoms with van der Waals surface area (Å²) in [7, 11) is 0. The van der Waals surface area contributed by atoms with Gasteiger partial charge in [-0.25, -0.2) is 4.79 Å². The second-order valence-electron chi connectivity index (χ2n) is 4.94. The minimum Gasteiger partial charge on any atom is -0.422 e. The molecule has 1 fully saturated rings. The number of rotatable bonds is 3. The van der Waals surface area contributed by atoms with Gasteiger partial charge < -0.3 is 4.74 Å². The highest BCUT2D eigenvalue weighted by atomic mass is 16.5. The SMILES string of the molecule is C=CC(=O)Oc1c(C#N)c(C#N)c(C#N)c(C#N)c1C1CCC1. The number of benzene rings is 1. The lowest BCUT2D eigenvalue weighted by Crippen LogP contribution is -2.17. The molecule has 0 unspecified atom stereocenters. The zero-order chi connectivity index (χ0) is 17.0. The molecule has 1 aromatic rings. The highest BCUT2D eigenvalue weighted by Gasteiger charge is 2.33. The summed E-state index contributed by atoms with van der Waals surface area (Å²) in [5.74, 6) is -0.974. The van der Waals surface area contributed by atoms with Gasteiger partial charge in [0, 0.05) is 11.6 Å². The molecule has 1 aromatic carbocycles. The van der Waals surface area contributed by atoms with E-state index < -0.39 is 5.97 Å². The Morgan fingerprint density at radius 3 is 1.91 bits per heavy atom. The van der Waals surface area contributed by atoms with Crippen molar-refractivity contribution in [1.29, 1.82) is 21.0 Å². The van der Waals surface area contributed by atoms with Crippen molar-refractivity contribution in [2.24, 2.45) is 0 Å². The number of ether oxygens (including phenoxy) is 1. The van der Waals surface area contributed by atoms with Crippen LogP contribution in [0.2, 0.25) is 0 Å². The molecule has 0 heterocycles. The molecule has 2 rings (SSSR count). The van der Waals surface area contributed by atoms with Gasteiger partial charge in [0.1, 0.15) is 29.8 Å². The number of carbonyl (C=O) groups is 1. The summed E-state index contributed by atoms with van der Waals surface area (Å²) in [6.45, 7) is 3.30. The molecular weight excluding hydrogens is 292 g/mol. The second kappa shape index (κ2) is 6.44. The topological polar surface area (TPSA) is 121 Å². The van der Waals surface area contributed by atoms with Gasteiger partial charge in [-0.15, -0.1) is 0 Å². The third-order valence-electron chi connectivity index (χ3n) is 3.82. The molecule has 0 aliphatic heterocycles. The van der Waals surface area contributed by atoms with Gasteiger partial charge in [0.05, 0.1) is 16.7 Å². The smallest absolute Gasteiger partial charge is 0.335 e. The van der Waals surface area contributed by atoms with Crippen molar-refractivity contribution >= 4 is 5.97 Å². The molecule has 0 bridgehead atoms. The largest absolute Gasteiger partial charge is 0.422 e. The number of esters is 1. The first-order valence-electron chi connectivity index (χ1n) is 6.81. The molecular formula is C17H10N4O2. The summed E-state index contributed by atoms with van der Waals surface area (Å²) in [5.41, 5.74) is -0.228. The lowest BCUT2D eigenvalue weighted by Gasteiger charge is -2.29. The van der Waals surface area contributed by atoms with Crippen LogP contribution in [0.25, 0.3) is 0 Å². The van der Waals surface area contributed by atoms with E-state index in [1.807, 2.05) is 18.2 Å². The second-order valence-corrected chi connectivity index (χ2v) is 4.94. The van der Waals surface area contributed by atoms with Crippen LogP contribution in [0.3, 0.4) is 0 Å². The van der Waals surface area contributed by atoms with Crippen molar-refractivity contribution in [1.82, 2.24) is 0 Å². The number of carbonyl (C=O) groups excluding carboxylic acids is 1. The minimum atomic E-state index is -0.792. The van der Waals surface area contributed by atoms with Gasteiger partial charge in [-0.3, -0.25) is 0 Å². The van der Waals surface area contributed by atoms with Crippen molar-refractivity contribution in [3.8, 4) is 30.0 Å². The van der Waals surface area contributed by atoms with Crippen LogP contribution in [0.4, 0.5) is 0 Å². The summed E-state index contributed by atoms with van der Waals surface area (Å²) >= 11 is 0. The van der Waals surface area contributed by atoms with Crippen molar-refractivity contribution in [2.45, 2.75) is 25.2 Å². The van der Waals surface area contributed by atoms with Crippen LogP contribution in [-0.4, -0.2) is 5.97 Å². The number of hydrogen-bond donors (Lipinski definition) is 0. The van der Waals surface area contributed by atoms with E-state index in [1.54, 1.807) is 6.07 Å². The summed E-state index contributed by atoms with van der Waals surface area (Å²) in [5, 5.41) is 37.4. The molecule has 110 valence electrons. The monoisotopic (exact) mass is 302 g/mol. The van der Waals surface area contributed by atoms with E-state index in [4.69, 9.17) is 4.74 Å². The predicted molar refractivity (Wildman–Crippen MR) is 77.7 cm³/mol. The number of nitriles is 4. The van der Waals surface area contributed by atoms with E-state index in [9.17, 15) is 25.8 Å². The number of nitrogens with zero attached hydrogens (tertiary/aromatic N) is 4. The quantitative estimate of drug-likeness (QED) is 0.480. The van der Waals surface area contributed by atoms with Crippen LogP contribution in [0.5, 0.6) is 5.75 Å². The molecule has 1 aliphatic carbocycles. The van der Waals surface area contributed by atoms with Gasteiger partial charge in [0.15, 0.2) is 5.75 Å². The lowest BCUT2D eigenvalue weighted by atomic mass is 9.75. The van der Waals surface area contributed by atoms with Crippen LogP contribution in [0, 0.1) is 45.3 Å². The molecule has 1 saturated carbocycles. The van der Waals surface area contributed by atoms with Gasteiger partial charge in [-0.2, -0.15) is 21.0 Å². The van der Waals surface area contributed by atoms with Gasteiger partial charge in [-0.05, 0) is 18.8 Å². The Hall–Kier alpha value is -3.61. The average Bonchev–Trinajstić information content (AvgIpc) is 2.52. The first kappa shape index (κ1) is 15.8. The van der Waals surface area contributed by atoms with Gasteiger partial charge in [0.2, 0.25) is 0 Å². The molecule has 6 heteroatoms. The normalized spacial score (nSPS) is 12.7. The average molecular weight is 302 g/mol. The molecule has 0 saturated heterocycles. The molecule has 1 aliphatic rings. The van der Waals surface area contributed by atoms with Gasteiger partial charge >= 0.3 is 5.97 Å². The summed E-state index contributed by atoms with van der Waals surface area (Å²) in [6.07, 6.45) is 3.39. The van der Waals surface area contributed by atoms with Crippen LogP contribution in [-0.2, 0) is 4.79 Å². The first-order valence-corrected chi connectivity index (χ1v) is 6.81. The van der Waals surface area contributed by atoms with E-state index in [2.05, 4.69) is 6.58 Å². The third kappa shape index (κ3) is 2.51. The molecule has 0 radical (unpaired) electrons. The summed E-state index contributed by atoms with van der Waals surface area (Å²) in [4.78, 5) is 11.6. The Morgan fingerprint density at radius 2 is 1.52 bits per heavy atom. The van der Waals surface area contributed by atoms with Crippen LogP contribution in [0.15, 0.2) is 12.7 Å². The first-order chi connectivity index (χ1) is 11.1. The van der Waals surface area contributed by atoms with Crippen molar-refractivity contribution in [3.05, 3.63) is 40.5 Å². The highest BCUT2D eigenvalue weighted by Crippen LogP contribution is 2.46. The van der Waals surface area contributed by atoms with E-state index >= 15 is 0 Å². The molecule has 0 aromatic heterocycles. The molecule has 6 nitrogen and oxygen atoms in total. The Labute approximate surface area is 133 Å². The van der Waals surface area contributed by atoms with Crippen LogP contribution >= 0.6 is 0 Å². The fraction of sp³-hybridized carbons (Fsp3) is 0.235. The van der Waals surface area contributed by atoms with Crippen LogP contribution < -0.4 is 4.74 Å². The predicted octanol–water partition coefficient (Wildman–Crippen LogP) is 2.53. The maximum absolute atomic E-state index is 11.6. The third-order valence-corrected chi connectivity index (χ3v) is 3.82. The van der Waals surface area contributed by atoms with E-state index in [0.717, 1.165) is 25.3 Å². The minimum absolute atomic E-state index is 0.000359. The van der Waals surface area contributed by atoms with Crippen LogP contribution in [0.1, 0.15) is 53.0 Å². The Kier molecular flexibility index (Phi) is 4.42. The van der Waals surface area contributed by atoms with Crippen molar-refractivity contribution in [2.75, 3.05) is 0 Å². The van der Waals surface area contributed by atoms with E-state index in [1.165, 1.54) is 0 Å². The fourth-order valence-corrected chi connectivity index (χ4v) is 2.53.